The molecule has 0 N–H and O–H groups in total. The fraction of sp³-hybridized carbons (Fsp3) is 0.833. The third kappa shape index (κ3) is 13.1. The van der Waals surface area contributed by atoms with Gasteiger partial charge in [-0.15, -0.1) is 0 Å². The van der Waals surface area contributed by atoms with Gasteiger partial charge in [-0.2, -0.15) is 0 Å². The molecule has 0 aromatic carbocycles. The van der Waals surface area contributed by atoms with Gasteiger partial charge in [0.15, 0.2) is 9.84 Å². The minimum atomic E-state index is -3.99. The van der Waals surface area contributed by atoms with Crippen LogP contribution in [0.3, 0.4) is 0 Å². The zero-order valence-electron chi connectivity index (χ0n) is 13.1. The molecule has 0 bridgehead atoms. The maximum Gasteiger partial charge on any atom is 1.00 e. The van der Waals surface area contributed by atoms with E-state index in [0.717, 1.165) is 25.7 Å². The van der Waals surface area contributed by atoms with Gasteiger partial charge in [-0.3, -0.25) is 0 Å². The first kappa shape index (κ1) is 26.8. The van der Waals surface area contributed by atoms with E-state index in [0.29, 0.717) is 12.8 Å². The molecule has 0 heterocycles. The van der Waals surface area contributed by atoms with Crippen molar-refractivity contribution in [3.05, 3.63) is 0 Å². The molecule has 0 aliphatic carbocycles. The summed E-state index contributed by atoms with van der Waals surface area (Å²) < 4.78 is 23.4. The van der Waals surface area contributed by atoms with Crippen LogP contribution in [0.4, 0.5) is 0 Å². The van der Waals surface area contributed by atoms with Crippen LogP contribution in [0.2, 0.25) is 0 Å². The molecule has 1 atom stereocenters. The monoisotopic (exact) mass is 338 g/mol. The van der Waals surface area contributed by atoms with E-state index in [1.54, 1.807) is 0 Å². The van der Waals surface area contributed by atoms with Crippen LogP contribution in [0.15, 0.2) is 0 Å². The number of carboxylic acids is 2. The minimum Gasteiger partial charge on any atom is -0.550 e. The number of carbonyl (C=O) groups is 2. The number of hydrogen-bond donors (Lipinski definition) is 0. The predicted octanol–water partition coefficient (Wildman–Crippen LogP) is -6.97. The Morgan fingerprint density at radius 2 is 1.43 bits per heavy atom. The second kappa shape index (κ2) is 14.5. The van der Waals surface area contributed by atoms with Crippen LogP contribution in [0.1, 0.15) is 51.9 Å². The van der Waals surface area contributed by atoms with Crippen LogP contribution < -0.4 is 69.3 Å². The van der Waals surface area contributed by atoms with E-state index in [9.17, 15) is 28.2 Å². The summed E-state index contributed by atoms with van der Waals surface area (Å²) in [6, 6.07) is 0. The van der Waals surface area contributed by atoms with E-state index in [1.807, 2.05) is 0 Å². The van der Waals surface area contributed by atoms with Crippen molar-refractivity contribution in [3.63, 3.8) is 0 Å². The molecule has 0 aliphatic rings. The van der Waals surface area contributed by atoms with Crippen molar-refractivity contribution in [2.24, 2.45) is 0 Å². The Morgan fingerprint density at radius 1 is 0.952 bits per heavy atom. The standard InChI is InChI=1S/C12H22O6S.2Na/c1-2-3-4-5-6-7-8-19(17,18)10(12(15)16)9-11(13)14;;/h10H,2-9H2,1H3,(H,13,14)(H,15,16);;/q;2*+1/p-2. The third-order valence-corrected chi connectivity index (χ3v) is 4.91. The number of unbranched alkanes of at least 4 members (excludes halogenated alkanes) is 5. The Balaban J connectivity index is -0.00000162. The quantitative estimate of drug-likeness (QED) is 0.273. The largest absolute Gasteiger partial charge is 1.00 e. The summed E-state index contributed by atoms with van der Waals surface area (Å²) in [5.74, 6) is -3.92. The number of sulfone groups is 1. The minimum absolute atomic E-state index is 0. The Kier molecular flexibility index (Phi) is 18.5. The van der Waals surface area contributed by atoms with Crippen LogP contribution in [0, 0.1) is 0 Å². The van der Waals surface area contributed by atoms with Crippen LogP contribution >= 0.6 is 0 Å². The molecule has 0 fully saturated rings. The van der Waals surface area contributed by atoms with E-state index >= 15 is 0 Å². The maximum absolute atomic E-state index is 11.7. The molecule has 0 radical (unpaired) electrons. The van der Waals surface area contributed by atoms with E-state index in [4.69, 9.17) is 0 Å². The van der Waals surface area contributed by atoms with Gasteiger partial charge in [-0.1, -0.05) is 39.0 Å². The van der Waals surface area contributed by atoms with Gasteiger partial charge in [-0.05, 0) is 6.42 Å². The predicted molar refractivity (Wildman–Crippen MR) is 65.6 cm³/mol. The van der Waals surface area contributed by atoms with Crippen LogP contribution in [-0.4, -0.2) is 31.4 Å². The average molecular weight is 338 g/mol. The smallest absolute Gasteiger partial charge is 0.550 e. The molecule has 0 spiro atoms. The van der Waals surface area contributed by atoms with Crippen molar-refractivity contribution in [2.75, 3.05) is 5.75 Å². The molecular weight excluding hydrogens is 318 g/mol. The number of carboxylic acid groups (broad SMARTS) is 2. The van der Waals surface area contributed by atoms with Gasteiger partial charge in [0.25, 0.3) is 0 Å². The fourth-order valence-corrected chi connectivity index (χ4v) is 3.31. The molecule has 0 rings (SSSR count). The molecule has 0 saturated carbocycles. The summed E-state index contributed by atoms with van der Waals surface area (Å²) in [5, 5.41) is 19.0. The number of carbonyl (C=O) groups excluding carboxylic acids is 2. The molecule has 9 heteroatoms. The summed E-state index contributed by atoms with van der Waals surface area (Å²) >= 11 is 0. The van der Waals surface area contributed by atoms with E-state index in [1.165, 1.54) is 0 Å². The average Bonchev–Trinajstić information content (AvgIpc) is 2.30. The second-order valence-corrected chi connectivity index (χ2v) is 6.82. The fourth-order valence-electron chi connectivity index (χ4n) is 1.73. The molecule has 0 amide bonds. The Hall–Kier alpha value is 0.890. The van der Waals surface area contributed by atoms with Gasteiger partial charge >= 0.3 is 59.1 Å². The van der Waals surface area contributed by atoms with Gasteiger partial charge in [0, 0.05) is 12.4 Å². The molecule has 112 valence electrons. The third-order valence-electron chi connectivity index (χ3n) is 2.83. The van der Waals surface area contributed by atoms with Crippen LogP contribution in [0.25, 0.3) is 0 Å². The Labute approximate surface area is 170 Å². The Bertz CT molecular complexity index is 397. The molecular formula is C12H20Na2O6S. The van der Waals surface area contributed by atoms with E-state index < -0.39 is 33.4 Å². The first-order chi connectivity index (χ1) is 8.81. The summed E-state index contributed by atoms with van der Waals surface area (Å²) in [6.07, 6.45) is 4.03. The summed E-state index contributed by atoms with van der Waals surface area (Å²) in [4.78, 5) is 21.0. The van der Waals surface area contributed by atoms with Crippen molar-refractivity contribution in [2.45, 2.75) is 57.1 Å². The number of rotatable bonds is 11. The molecule has 0 saturated heterocycles. The maximum atomic E-state index is 11.7. The van der Waals surface area contributed by atoms with Gasteiger partial charge in [0.05, 0.1) is 11.7 Å². The normalized spacial score (nSPS) is 11.9. The van der Waals surface area contributed by atoms with Crippen molar-refractivity contribution >= 4 is 21.8 Å². The Morgan fingerprint density at radius 3 is 1.86 bits per heavy atom. The molecule has 0 aromatic heterocycles. The van der Waals surface area contributed by atoms with Crippen LogP contribution in [0.5, 0.6) is 0 Å². The van der Waals surface area contributed by atoms with E-state index in [-0.39, 0.29) is 64.9 Å². The van der Waals surface area contributed by atoms with E-state index in [2.05, 4.69) is 6.92 Å². The van der Waals surface area contributed by atoms with Crippen molar-refractivity contribution < 1.29 is 87.3 Å². The molecule has 1 unspecified atom stereocenters. The van der Waals surface area contributed by atoms with Gasteiger partial charge in [-0.25, -0.2) is 8.42 Å². The van der Waals surface area contributed by atoms with Crippen molar-refractivity contribution in [1.82, 2.24) is 0 Å². The van der Waals surface area contributed by atoms with Crippen molar-refractivity contribution in [1.29, 1.82) is 0 Å². The molecule has 21 heavy (non-hydrogen) atoms. The SMILES string of the molecule is CCCCCCCCS(=O)(=O)C(CC(=O)[O-])C(=O)[O-].[Na+].[Na+]. The summed E-state index contributed by atoms with van der Waals surface area (Å²) in [5.41, 5.74) is 0. The topological polar surface area (TPSA) is 114 Å². The first-order valence-corrected chi connectivity index (χ1v) is 8.15. The van der Waals surface area contributed by atoms with Crippen LogP contribution in [-0.2, 0) is 19.4 Å². The summed E-state index contributed by atoms with van der Waals surface area (Å²) in [7, 11) is -3.99. The van der Waals surface area contributed by atoms with Gasteiger partial charge < -0.3 is 19.8 Å². The zero-order valence-corrected chi connectivity index (χ0v) is 17.9. The molecule has 0 aromatic rings. The van der Waals surface area contributed by atoms with Gasteiger partial charge in [0.2, 0.25) is 0 Å². The molecule has 6 nitrogen and oxygen atoms in total. The second-order valence-electron chi connectivity index (χ2n) is 4.52. The number of aliphatic carboxylic acids is 2. The van der Waals surface area contributed by atoms with Gasteiger partial charge in [0.1, 0.15) is 5.25 Å². The van der Waals surface area contributed by atoms with Crippen molar-refractivity contribution in [3.8, 4) is 0 Å². The molecule has 0 aliphatic heterocycles. The first-order valence-electron chi connectivity index (χ1n) is 6.43. The number of hydrogen-bond acceptors (Lipinski definition) is 6. The zero-order chi connectivity index (χ0) is 14.9. The summed E-state index contributed by atoms with van der Waals surface area (Å²) in [6.45, 7) is 2.06.